The van der Waals surface area contributed by atoms with E-state index in [9.17, 15) is 13.6 Å². The summed E-state index contributed by atoms with van der Waals surface area (Å²) in [5.74, 6) is -1.17. The summed E-state index contributed by atoms with van der Waals surface area (Å²) in [6.07, 6.45) is -0.455. The van der Waals surface area contributed by atoms with Gasteiger partial charge in [0.1, 0.15) is 35.9 Å². The molecule has 0 saturated carbocycles. The Morgan fingerprint density at radius 1 is 1.22 bits per heavy atom. The van der Waals surface area contributed by atoms with Crippen molar-refractivity contribution >= 4 is 5.91 Å². The number of fused-ring (bicyclic) bond motifs is 1. The molecule has 0 aliphatic carbocycles. The Morgan fingerprint density at radius 2 is 2.03 bits per heavy atom. The van der Waals surface area contributed by atoms with Crippen LogP contribution in [0.2, 0.25) is 0 Å². The Kier molecular flexibility index (Phi) is 6.27. The zero-order valence-electron chi connectivity index (χ0n) is 17.4. The number of para-hydroxylation sites is 1. The summed E-state index contributed by atoms with van der Waals surface area (Å²) < 4.78 is 45.1. The van der Waals surface area contributed by atoms with E-state index >= 15 is 0 Å². The van der Waals surface area contributed by atoms with Crippen LogP contribution >= 0.6 is 0 Å². The Labute approximate surface area is 183 Å². The molecule has 0 fully saturated rings. The van der Waals surface area contributed by atoms with Crippen LogP contribution in [-0.4, -0.2) is 35.6 Å². The van der Waals surface area contributed by atoms with E-state index < -0.39 is 35.8 Å². The van der Waals surface area contributed by atoms with Crippen molar-refractivity contribution in [3.8, 4) is 11.6 Å². The first kappa shape index (κ1) is 21.6. The number of hydrogen-bond donors (Lipinski definition) is 1. The minimum Gasteiger partial charge on any atom is -0.491 e. The normalized spacial score (nSPS) is 18.2. The van der Waals surface area contributed by atoms with Crippen molar-refractivity contribution in [2.45, 2.75) is 25.2 Å². The topological polar surface area (TPSA) is 82.6 Å². The van der Waals surface area contributed by atoms with Gasteiger partial charge in [0.25, 0.3) is 5.91 Å². The third-order valence-corrected chi connectivity index (χ3v) is 5.06. The molecule has 4 rings (SSSR count). The summed E-state index contributed by atoms with van der Waals surface area (Å²) in [4.78, 5) is 21.4. The standard InChI is InChI=1S/C23H21F2N3O4/c1-13-26-10-9-20(27-13)32-22(15-8-7-14(24)11-17(15)25)23(29)28-18-12-31-19-6-4-3-5-16(19)21(18)30-2/h3-11,18,21-22H,12H2,1-2H3,(H,28,29). The SMILES string of the molecule is COC1c2ccccc2OCC1NC(=O)C(Oc1ccnc(C)n1)c1ccc(F)cc1F. The largest absolute Gasteiger partial charge is 0.491 e. The number of ether oxygens (including phenoxy) is 3. The lowest BCUT2D eigenvalue weighted by Crippen LogP contribution is -2.48. The molecule has 0 spiro atoms. The minimum atomic E-state index is -1.43. The molecule has 3 unspecified atom stereocenters. The number of nitrogens with zero attached hydrogens (tertiary/aromatic N) is 2. The average Bonchev–Trinajstić information content (AvgIpc) is 2.78. The number of hydrogen-bond acceptors (Lipinski definition) is 6. The van der Waals surface area contributed by atoms with Gasteiger partial charge in [0.2, 0.25) is 12.0 Å². The van der Waals surface area contributed by atoms with Gasteiger partial charge in [0, 0.05) is 36.6 Å². The van der Waals surface area contributed by atoms with Crippen molar-refractivity contribution in [3.05, 3.63) is 83.3 Å². The van der Waals surface area contributed by atoms with Gasteiger partial charge in [0.05, 0.1) is 6.04 Å². The second-order valence-corrected chi connectivity index (χ2v) is 7.23. The van der Waals surface area contributed by atoms with Crippen LogP contribution in [0.15, 0.2) is 54.7 Å². The number of methoxy groups -OCH3 is 1. The molecule has 2 aromatic carbocycles. The highest BCUT2D eigenvalue weighted by Gasteiger charge is 2.35. The Hall–Kier alpha value is -3.59. The van der Waals surface area contributed by atoms with Gasteiger partial charge in [0.15, 0.2) is 0 Å². The average molecular weight is 441 g/mol. The molecular formula is C23H21F2N3O4. The van der Waals surface area contributed by atoms with Gasteiger partial charge in [-0.15, -0.1) is 0 Å². The Bertz CT molecular complexity index is 1130. The van der Waals surface area contributed by atoms with Crippen LogP contribution in [0.1, 0.15) is 29.2 Å². The molecule has 1 aromatic heterocycles. The Balaban J connectivity index is 1.62. The lowest BCUT2D eigenvalue weighted by atomic mass is 9.98. The van der Waals surface area contributed by atoms with Crippen molar-refractivity contribution in [2.75, 3.05) is 13.7 Å². The molecule has 0 saturated heterocycles. The highest BCUT2D eigenvalue weighted by Crippen LogP contribution is 2.34. The number of carbonyl (C=O) groups excluding carboxylic acids is 1. The molecule has 32 heavy (non-hydrogen) atoms. The van der Waals surface area contributed by atoms with E-state index in [4.69, 9.17) is 14.2 Å². The van der Waals surface area contributed by atoms with Crippen LogP contribution in [-0.2, 0) is 9.53 Å². The maximum atomic E-state index is 14.6. The van der Waals surface area contributed by atoms with Crippen molar-refractivity contribution in [2.24, 2.45) is 0 Å². The van der Waals surface area contributed by atoms with E-state index in [2.05, 4.69) is 15.3 Å². The van der Waals surface area contributed by atoms with E-state index in [-0.39, 0.29) is 18.1 Å². The van der Waals surface area contributed by atoms with Gasteiger partial charge >= 0.3 is 0 Å². The second-order valence-electron chi connectivity index (χ2n) is 7.23. The number of nitrogens with one attached hydrogen (secondary N) is 1. The quantitative estimate of drug-likeness (QED) is 0.631. The third kappa shape index (κ3) is 4.52. The lowest BCUT2D eigenvalue weighted by Gasteiger charge is -2.34. The van der Waals surface area contributed by atoms with E-state index in [0.717, 1.165) is 11.6 Å². The summed E-state index contributed by atoms with van der Waals surface area (Å²) in [5, 5.41) is 2.82. The van der Waals surface area contributed by atoms with Gasteiger partial charge in [-0.1, -0.05) is 18.2 Å². The van der Waals surface area contributed by atoms with Crippen LogP contribution in [0.3, 0.4) is 0 Å². The molecule has 7 nitrogen and oxygen atoms in total. The molecule has 1 aliphatic rings. The molecule has 9 heteroatoms. The zero-order valence-corrected chi connectivity index (χ0v) is 17.4. The predicted octanol–water partition coefficient (Wildman–Crippen LogP) is 3.45. The first-order valence-corrected chi connectivity index (χ1v) is 9.92. The number of carbonyl (C=O) groups is 1. The summed E-state index contributed by atoms with van der Waals surface area (Å²) in [5.41, 5.74) is 0.648. The smallest absolute Gasteiger partial charge is 0.266 e. The molecule has 2 heterocycles. The van der Waals surface area contributed by atoms with Crippen molar-refractivity contribution in [1.29, 1.82) is 0 Å². The van der Waals surface area contributed by atoms with Crippen molar-refractivity contribution in [1.82, 2.24) is 15.3 Å². The predicted molar refractivity (Wildman–Crippen MR) is 110 cm³/mol. The summed E-state index contributed by atoms with van der Waals surface area (Å²) in [6.45, 7) is 1.80. The summed E-state index contributed by atoms with van der Waals surface area (Å²) >= 11 is 0. The molecule has 3 atom stereocenters. The van der Waals surface area contributed by atoms with E-state index in [0.29, 0.717) is 17.6 Å². The highest BCUT2D eigenvalue weighted by molar-refractivity contribution is 5.83. The van der Waals surface area contributed by atoms with E-state index in [1.807, 2.05) is 24.3 Å². The van der Waals surface area contributed by atoms with Crippen LogP contribution < -0.4 is 14.8 Å². The molecule has 0 bridgehead atoms. The number of aromatic nitrogens is 2. The molecular weight excluding hydrogens is 420 g/mol. The molecule has 166 valence electrons. The maximum Gasteiger partial charge on any atom is 0.266 e. The van der Waals surface area contributed by atoms with E-state index in [1.54, 1.807) is 6.92 Å². The number of benzene rings is 2. The van der Waals surface area contributed by atoms with Crippen LogP contribution in [0.4, 0.5) is 8.78 Å². The lowest BCUT2D eigenvalue weighted by molar-refractivity contribution is -0.131. The van der Waals surface area contributed by atoms with Crippen molar-refractivity contribution < 1.29 is 27.8 Å². The summed E-state index contributed by atoms with van der Waals surface area (Å²) in [7, 11) is 1.53. The molecule has 0 radical (unpaired) electrons. The number of rotatable bonds is 6. The highest BCUT2D eigenvalue weighted by atomic mass is 19.1. The van der Waals surface area contributed by atoms with Crippen LogP contribution in [0, 0.1) is 18.6 Å². The third-order valence-electron chi connectivity index (χ3n) is 5.06. The first-order valence-electron chi connectivity index (χ1n) is 9.92. The zero-order chi connectivity index (χ0) is 22.7. The van der Waals surface area contributed by atoms with Gasteiger partial charge in [-0.25, -0.2) is 13.8 Å². The fourth-order valence-electron chi connectivity index (χ4n) is 3.59. The number of halogens is 2. The number of aryl methyl sites for hydroxylation is 1. The Morgan fingerprint density at radius 3 is 2.78 bits per heavy atom. The number of amides is 1. The van der Waals surface area contributed by atoms with Gasteiger partial charge in [-0.05, 0) is 25.1 Å². The van der Waals surface area contributed by atoms with E-state index in [1.165, 1.54) is 25.4 Å². The van der Waals surface area contributed by atoms with Crippen molar-refractivity contribution in [3.63, 3.8) is 0 Å². The monoisotopic (exact) mass is 441 g/mol. The molecule has 1 aliphatic heterocycles. The van der Waals surface area contributed by atoms with Gasteiger partial charge < -0.3 is 19.5 Å². The maximum absolute atomic E-state index is 14.6. The fourth-order valence-corrected chi connectivity index (χ4v) is 3.59. The summed E-state index contributed by atoms with van der Waals surface area (Å²) in [6, 6.07) is 11.2. The molecule has 3 aromatic rings. The molecule has 1 N–H and O–H groups in total. The first-order chi connectivity index (χ1) is 15.5. The fraction of sp³-hybridized carbons (Fsp3) is 0.261. The molecule has 1 amide bonds. The van der Waals surface area contributed by atoms with Gasteiger partial charge in [-0.3, -0.25) is 4.79 Å². The van der Waals surface area contributed by atoms with Gasteiger partial charge in [-0.2, -0.15) is 4.98 Å². The van der Waals surface area contributed by atoms with Crippen LogP contribution in [0.5, 0.6) is 11.6 Å². The van der Waals surface area contributed by atoms with Crippen LogP contribution in [0.25, 0.3) is 0 Å². The second kappa shape index (κ2) is 9.27. The minimum absolute atomic E-state index is 0.0786.